The lowest BCUT2D eigenvalue weighted by Crippen LogP contribution is -2.34. The number of anilines is 1. The molecule has 0 radical (unpaired) electrons. The maximum absolute atomic E-state index is 4.46. The fraction of sp³-hybridized carbons (Fsp3) is 0.750. The minimum atomic E-state index is -1.37. The van der Waals surface area contributed by atoms with Gasteiger partial charge in [-0.3, -0.25) is 4.35 Å². The van der Waals surface area contributed by atoms with Crippen molar-refractivity contribution in [1.82, 2.24) is 14.4 Å². The van der Waals surface area contributed by atoms with E-state index in [0.29, 0.717) is 0 Å². The Morgan fingerprint density at radius 3 is 2.07 bits per heavy atom. The van der Waals surface area contributed by atoms with E-state index in [1.54, 1.807) is 0 Å². The van der Waals surface area contributed by atoms with Gasteiger partial charge in [0, 0.05) is 0 Å². The van der Waals surface area contributed by atoms with E-state index in [9.17, 15) is 0 Å². The fourth-order valence-corrected chi connectivity index (χ4v) is 2.56. The molecule has 0 aliphatic rings. The molecule has 4 nitrogen and oxygen atoms in total. The van der Waals surface area contributed by atoms with Crippen molar-refractivity contribution < 1.29 is 0 Å². The zero-order chi connectivity index (χ0) is 11.0. The van der Waals surface area contributed by atoms with Crippen molar-refractivity contribution >= 4 is 22.4 Å². The maximum atomic E-state index is 4.46. The summed E-state index contributed by atoms with van der Waals surface area (Å²) in [5.41, 5.74) is 0. The molecule has 0 spiro atoms. The number of aromatic nitrogens is 3. The quantitative estimate of drug-likeness (QED) is 0.807. The highest BCUT2D eigenvalue weighted by atomic mass is 28.3. The number of nitrogens with one attached hydrogen (secondary N) is 1. The van der Waals surface area contributed by atoms with E-state index in [2.05, 4.69) is 54.3 Å². The van der Waals surface area contributed by atoms with E-state index in [-0.39, 0.29) is 0 Å². The Kier molecular flexibility index (Phi) is 2.87. The topological polar surface area (TPSA) is 42.7 Å². The number of hydrogen-bond donors (Lipinski definition) is 1. The van der Waals surface area contributed by atoms with Gasteiger partial charge in [0.1, 0.15) is 14.6 Å². The molecule has 0 saturated heterocycles. The number of hydrogen-bond acceptors (Lipinski definition) is 3. The summed E-state index contributed by atoms with van der Waals surface area (Å²) >= 11 is 0. The van der Waals surface area contributed by atoms with Crippen LogP contribution in [0.1, 0.15) is 0 Å². The highest BCUT2D eigenvalue weighted by molar-refractivity contribution is 6.79. The van der Waals surface area contributed by atoms with Crippen LogP contribution in [-0.2, 0) is 0 Å². The van der Waals surface area contributed by atoms with Crippen LogP contribution in [0.2, 0.25) is 39.3 Å². The lowest BCUT2D eigenvalue weighted by molar-refractivity contribution is 0.936. The molecule has 0 aliphatic heterocycles. The predicted molar refractivity (Wildman–Crippen MR) is 65.7 cm³/mol. The van der Waals surface area contributed by atoms with Crippen LogP contribution in [0.4, 0.5) is 5.95 Å². The lowest BCUT2D eigenvalue weighted by atomic mass is 11.1. The Morgan fingerprint density at radius 2 is 1.71 bits per heavy atom. The molecule has 0 atom stereocenters. The molecule has 0 amide bonds. The maximum Gasteiger partial charge on any atom is 0.233 e. The summed E-state index contributed by atoms with van der Waals surface area (Å²) in [5.74, 6) is 0.784. The Hall–Kier alpha value is -0.626. The van der Waals surface area contributed by atoms with Crippen molar-refractivity contribution in [3.05, 3.63) is 6.33 Å². The summed E-state index contributed by atoms with van der Waals surface area (Å²) in [4.78, 5) is 7.67. The number of nitrogens with zero attached hydrogens (tertiary/aromatic N) is 3. The summed E-state index contributed by atoms with van der Waals surface area (Å²) < 4.78 is 2.02. The van der Waals surface area contributed by atoms with Crippen LogP contribution in [0.25, 0.3) is 0 Å². The van der Waals surface area contributed by atoms with Gasteiger partial charge in [-0.25, -0.2) is 4.98 Å². The highest BCUT2D eigenvalue weighted by Gasteiger charge is 2.20. The molecule has 14 heavy (non-hydrogen) atoms. The van der Waals surface area contributed by atoms with Crippen LogP contribution in [0.15, 0.2) is 6.33 Å². The Labute approximate surface area is 87.9 Å². The third-order valence-corrected chi connectivity index (χ3v) is 4.23. The second-order valence-corrected chi connectivity index (χ2v) is 15.1. The summed E-state index contributed by atoms with van der Waals surface area (Å²) in [6.45, 7) is 13.5. The second kappa shape index (κ2) is 3.50. The van der Waals surface area contributed by atoms with Crippen molar-refractivity contribution in [2.24, 2.45) is 0 Å². The molecule has 0 aromatic carbocycles. The molecule has 1 aromatic heterocycles. The van der Waals surface area contributed by atoms with E-state index in [0.717, 1.165) is 5.95 Å². The van der Waals surface area contributed by atoms with Crippen LogP contribution < -0.4 is 4.98 Å². The van der Waals surface area contributed by atoms with Crippen molar-refractivity contribution in [3.63, 3.8) is 0 Å². The monoisotopic (exact) mass is 228 g/mol. The Balaban J connectivity index is 2.79. The van der Waals surface area contributed by atoms with Crippen LogP contribution in [0.5, 0.6) is 0 Å². The van der Waals surface area contributed by atoms with E-state index >= 15 is 0 Å². The van der Waals surface area contributed by atoms with Gasteiger partial charge in [-0.15, -0.1) is 5.10 Å². The van der Waals surface area contributed by atoms with E-state index in [4.69, 9.17) is 0 Å². The summed E-state index contributed by atoms with van der Waals surface area (Å²) in [7, 11) is -2.69. The molecule has 80 valence electrons. The molecule has 0 fully saturated rings. The first-order valence-corrected chi connectivity index (χ1v) is 11.8. The van der Waals surface area contributed by atoms with Crippen LogP contribution in [0.3, 0.4) is 0 Å². The predicted octanol–water partition coefficient (Wildman–Crippen LogP) is 2.21. The normalized spacial score (nSPS) is 13.0. The van der Waals surface area contributed by atoms with Gasteiger partial charge in [0.05, 0.1) is 0 Å². The minimum Gasteiger partial charge on any atom is -0.379 e. The Bertz CT molecular complexity index is 308. The summed E-state index contributed by atoms with van der Waals surface area (Å²) in [5, 5.41) is 4.46. The van der Waals surface area contributed by atoms with Gasteiger partial charge in [-0.05, 0) is 19.6 Å². The molecular formula is C8H20N4Si2. The van der Waals surface area contributed by atoms with E-state index < -0.39 is 16.5 Å². The third-order valence-electron chi connectivity index (χ3n) is 1.67. The zero-order valence-electron chi connectivity index (χ0n) is 9.92. The molecule has 1 aromatic rings. The molecule has 1 N–H and O–H groups in total. The second-order valence-electron chi connectivity index (χ2n) is 5.56. The first kappa shape index (κ1) is 11.4. The highest BCUT2D eigenvalue weighted by Crippen LogP contribution is 2.09. The van der Waals surface area contributed by atoms with E-state index in [1.807, 2.05) is 10.7 Å². The van der Waals surface area contributed by atoms with Crippen molar-refractivity contribution in [2.75, 3.05) is 4.98 Å². The van der Waals surface area contributed by atoms with Gasteiger partial charge >= 0.3 is 0 Å². The van der Waals surface area contributed by atoms with E-state index in [1.165, 1.54) is 0 Å². The fourth-order valence-electron chi connectivity index (χ4n) is 0.979. The third kappa shape index (κ3) is 3.26. The standard InChI is InChI=1S/C8H20N4Si2/c1-13(2,3)11-8-9-7-12(10-8)14(4,5)6/h7H,1-6H3,(H,10,11). The van der Waals surface area contributed by atoms with Crippen molar-refractivity contribution in [3.8, 4) is 0 Å². The van der Waals surface area contributed by atoms with Gasteiger partial charge in [0.2, 0.25) is 5.95 Å². The molecule has 0 bridgehead atoms. The molecule has 1 heterocycles. The van der Waals surface area contributed by atoms with Gasteiger partial charge in [-0.1, -0.05) is 19.6 Å². The summed E-state index contributed by atoms with van der Waals surface area (Å²) in [6, 6.07) is 0. The molecule has 0 aliphatic carbocycles. The van der Waals surface area contributed by atoms with Gasteiger partial charge in [-0.2, -0.15) is 0 Å². The van der Waals surface area contributed by atoms with Gasteiger partial charge in [0.25, 0.3) is 0 Å². The van der Waals surface area contributed by atoms with Crippen LogP contribution in [-0.4, -0.2) is 30.9 Å². The minimum absolute atomic E-state index is 0.784. The molecule has 0 saturated carbocycles. The molecule has 6 heteroatoms. The smallest absolute Gasteiger partial charge is 0.233 e. The van der Waals surface area contributed by atoms with Crippen molar-refractivity contribution in [2.45, 2.75) is 39.3 Å². The van der Waals surface area contributed by atoms with Crippen molar-refractivity contribution in [1.29, 1.82) is 0 Å². The molecular weight excluding hydrogens is 208 g/mol. The first-order valence-electron chi connectivity index (χ1n) is 4.89. The lowest BCUT2D eigenvalue weighted by Gasteiger charge is -2.17. The van der Waals surface area contributed by atoms with Gasteiger partial charge < -0.3 is 4.98 Å². The van der Waals surface area contributed by atoms with Crippen LogP contribution >= 0.6 is 0 Å². The van der Waals surface area contributed by atoms with Crippen LogP contribution in [0, 0.1) is 0 Å². The molecule has 1 rings (SSSR count). The average molecular weight is 228 g/mol. The summed E-state index contributed by atoms with van der Waals surface area (Å²) in [6.07, 6.45) is 1.84. The first-order chi connectivity index (χ1) is 6.18. The molecule has 0 unspecified atom stereocenters. The largest absolute Gasteiger partial charge is 0.379 e. The average Bonchev–Trinajstić information content (AvgIpc) is 2.29. The zero-order valence-corrected chi connectivity index (χ0v) is 11.9. The SMILES string of the molecule is C[Si](C)(C)Nc1ncn([Si](C)(C)C)n1. The van der Waals surface area contributed by atoms with Gasteiger partial charge in [0.15, 0.2) is 8.24 Å². The Morgan fingerprint density at radius 1 is 1.14 bits per heavy atom. The number of rotatable bonds is 3.